The van der Waals surface area contributed by atoms with Crippen molar-refractivity contribution in [1.29, 1.82) is 0 Å². The first-order valence-corrected chi connectivity index (χ1v) is 11.5. The number of aryl methyl sites for hydroxylation is 1. The molecule has 0 unspecified atom stereocenters. The van der Waals surface area contributed by atoms with Crippen LogP contribution >= 0.6 is 0 Å². The van der Waals surface area contributed by atoms with Crippen LogP contribution in [-0.4, -0.2) is 44.9 Å². The van der Waals surface area contributed by atoms with Gasteiger partial charge < -0.3 is 10.1 Å². The molecule has 0 radical (unpaired) electrons. The summed E-state index contributed by atoms with van der Waals surface area (Å²) in [5, 5.41) is 2.74. The molecule has 0 aliphatic carbocycles. The molecule has 0 spiro atoms. The summed E-state index contributed by atoms with van der Waals surface area (Å²) in [4.78, 5) is 12.7. The maximum atomic E-state index is 13.0. The number of amides is 1. The van der Waals surface area contributed by atoms with E-state index in [0.29, 0.717) is 35.9 Å². The Bertz CT molecular complexity index is 985. The standard InChI is InChI=1S/C22H27FN2O4S/c1-16-9-12-25(13-10-16)30(27,28)20-8-3-17(2)21(15-20)22(26)24-11-14-29-19-6-4-18(23)5-7-19/h3-8,15-16H,9-14H2,1-2H3,(H,24,26). The largest absolute Gasteiger partial charge is 0.492 e. The number of nitrogens with one attached hydrogen (secondary N) is 1. The number of ether oxygens (including phenoxy) is 1. The van der Waals surface area contributed by atoms with E-state index in [-0.39, 0.29) is 29.8 Å². The molecule has 2 aromatic carbocycles. The highest BCUT2D eigenvalue weighted by Crippen LogP contribution is 2.25. The lowest BCUT2D eigenvalue weighted by atomic mass is 10.0. The van der Waals surface area contributed by atoms with Crippen LogP contribution in [0.1, 0.15) is 35.7 Å². The molecular formula is C22H27FN2O4S. The SMILES string of the molecule is Cc1ccc(S(=O)(=O)N2CCC(C)CC2)cc1C(=O)NCCOc1ccc(F)cc1. The van der Waals surface area contributed by atoms with E-state index < -0.39 is 10.0 Å². The fraction of sp³-hybridized carbons (Fsp3) is 0.409. The lowest BCUT2D eigenvalue weighted by Gasteiger charge is -2.29. The highest BCUT2D eigenvalue weighted by Gasteiger charge is 2.28. The minimum absolute atomic E-state index is 0.135. The van der Waals surface area contributed by atoms with Crippen molar-refractivity contribution in [3.8, 4) is 5.75 Å². The van der Waals surface area contributed by atoms with Gasteiger partial charge in [0.2, 0.25) is 10.0 Å². The van der Waals surface area contributed by atoms with Gasteiger partial charge in [-0.15, -0.1) is 0 Å². The zero-order valence-corrected chi connectivity index (χ0v) is 18.0. The molecule has 1 heterocycles. The Morgan fingerprint density at radius 1 is 1.17 bits per heavy atom. The number of rotatable bonds is 7. The Hall–Kier alpha value is -2.45. The van der Waals surface area contributed by atoms with E-state index in [9.17, 15) is 17.6 Å². The van der Waals surface area contributed by atoms with Crippen LogP contribution in [0.15, 0.2) is 47.4 Å². The smallest absolute Gasteiger partial charge is 0.251 e. The van der Waals surface area contributed by atoms with Gasteiger partial charge in [-0.25, -0.2) is 12.8 Å². The van der Waals surface area contributed by atoms with Crippen molar-refractivity contribution in [2.45, 2.75) is 31.6 Å². The zero-order chi connectivity index (χ0) is 21.7. The summed E-state index contributed by atoms with van der Waals surface area (Å²) in [5.74, 6) is 0.318. The average Bonchev–Trinajstić information content (AvgIpc) is 2.73. The third-order valence-electron chi connectivity index (χ3n) is 5.30. The van der Waals surface area contributed by atoms with Crippen LogP contribution in [0.25, 0.3) is 0 Å². The number of nitrogens with zero attached hydrogens (tertiary/aromatic N) is 1. The molecule has 1 N–H and O–H groups in total. The molecule has 1 amide bonds. The van der Waals surface area contributed by atoms with Crippen molar-refractivity contribution < 1.29 is 22.3 Å². The van der Waals surface area contributed by atoms with Crippen molar-refractivity contribution in [2.75, 3.05) is 26.2 Å². The molecule has 1 fully saturated rings. The number of sulfonamides is 1. The number of benzene rings is 2. The fourth-order valence-electron chi connectivity index (χ4n) is 3.34. The highest BCUT2D eigenvalue weighted by molar-refractivity contribution is 7.89. The van der Waals surface area contributed by atoms with Gasteiger partial charge in [0, 0.05) is 18.7 Å². The third-order valence-corrected chi connectivity index (χ3v) is 7.20. The van der Waals surface area contributed by atoms with E-state index in [1.165, 1.54) is 34.6 Å². The summed E-state index contributed by atoms with van der Waals surface area (Å²) in [6, 6.07) is 10.3. The van der Waals surface area contributed by atoms with Gasteiger partial charge in [0.25, 0.3) is 5.91 Å². The first-order chi connectivity index (χ1) is 14.3. The van der Waals surface area contributed by atoms with Gasteiger partial charge in [0.05, 0.1) is 11.4 Å². The highest BCUT2D eigenvalue weighted by atomic mass is 32.2. The summed E-state index contributed by atoms with van der Waals surface area (Å²) in [5.41, 5.74) is 1.02. The second-order valence-electron chi connectivity index (χ2n) is 7.62. The first-order valence-electron chi connectivity index (χ1n) is 10.0. The van der Waals surface area contributed by atoms with Gasteiger partial charge in [-0.3, -0.25) is 4.79 Å². The molecule has 1 aliphatic rings. The second kappa shape index (κ2) is 9.57. The van der Waals surface area contributed by atoms with E-state index >= 15 is 0 Å². The molecule has 2 aromatic rings. The number of hydrogen-bond acceptors (Lipinski definition) is 4. The molecule has 1 saturated heterocycles. The van der Waals surface area contributed by atoms with E-state index in [2.05, 4.69) is 12.2 Å². The van der Waals surface area contributed by atoms with Gasteiger partial charge in [0.15, 0.2) is 0 Å². The van der Waals surface area contributed by atoms with E-state index in [1.807, 2.05) is 0 Å². The third kappa shape index (κ3) is 5.37. The molecule has 3 rings (SSSR count). The molecule has 6 nitrogen and oxygen atoms in total. The Balaban J connectivity index is 1.62. The summed E-state index contributed by atoms with van der Waals surface area (Å²) in [6.45, 7) is 5.33. The van der Waals surface area contributed by atoms with Crippen molar-refractivity contribution in [1.82, 2.24) is 9.62 Å². The minimum atomic E-state index is -3.62. The quantitative estimate of drug-likeness (QED) is 0.678. The minimum Gasteiger partial charge on any atom is -0.492 e. The number of hydrogen-bond donors (Lipinski definition) is 1. The van der Waals surface area contributed by atoms with Gasteiger partial charge >= 0.3 is 0 Å². The van der Waals surface area contributed by atoms with Gasteiger partial charge in [-0.1, -0.05) is 13.0 Å². The van der Waals surface area contributed by atoms with E-state index in [1.54, 1.807) is 19.1 Å². The Labute approximate surface area is 177 Å². The summed E-state index contributed by atoms with van der Waals surface area (Å²) in [6.07, 6.45) is 1.68. The lowest BCUT2D eigenvalue weighted by Crippen LogP contribution is -2.38. The van der Waals surface area contributed by atoms with Crippen LogP contribution in [0.3, 0.4) is 0 Å². The van der Waals surface area contributed by atoms with E-state index in [0.717, 1.165) is 12.8 Å². The fourth-order valence-corrected chi connectivity index (χ4v) is 4.84. The second-order valence-corrected chi connectivity index (χ2v) is 9.56. The van der Waals surface area contributed by atoms with E-state index in [4.69, 9.17) is 4.74 Å². The number of halogens is 1. The van der Waals surface area contributed by atoms with Crippen molar-refractivity contribution in [3.63, 3.8) is 0 Å². The molecule has 8 heteroatoms. The van der Waals surface area contributed by atoms with Gasteiger partial charge in [0.1, 0.15) is 18.2 Å². The van der Waals surface area contributed by atoms with Crippen molar-refractivity contribution in [2.24, 2.45) is 5.92 Å². The van der Waals surface area contributed by atoms with Crippen LogP contribution in [0, 0.1) is 18.7 Å². The Morgan fingerprint density at radius 2 is 1.83 bits per heavy atom. The number of carbonyl (C=O) groups excluding carboxylic acids is 1. The normalized spacial score (nSPS) is 15.7. The van der Waals surface area contributed by atoms with Crippen LogP contribution < -0.4 is 10.1 Å². The topological polar surface area (TPSA) is 75.7 Å². The van der Waals surface area contributed by atoms with Gasteiger partial charge in [-0.2, -0.15) is 4.31 Å². The van der Waals surface area contributed by atoms with Crippen LogP contribution in [0.2, 0.25) is 0 Å². The molecule has 0 aromatic heterocycles. The van der Waals surface area contributed by atoms with Crippen LogP contribution in [0.4, 0.5) is 4.39 Å². The average molecular weight is 435 g/mol. The molecule has 30 heavy (non-hydrogen) atoms. The zero-order valence-electron chi connectivity index (χ0n) is 17.2. The van der Waals surface area contributed by atoms with Crippen LogP contribution in [-0.2, 0) is 10.0 Å². The van der Waals surface area contributed by atoms with Gasteiger partial charge in [-0.05, 0) is 67.6 Å². The summed E-state index contributed by atoms with van der Waals surface area (Å²) >= 11 is 0. The molecule has 162 valence electrons. The van der Waals surface area contributed by atoms with Crippen molar-refractivity contribution >= 4 is 15.9 Å². The maximum Gasteiger partial charge on any atom is 0.251 e. The molecular weight excluding hydrogens is 407 g/mol. The van der Waals surface area contributed by atoms with Crippen molar-refractivity contribution in [3.05, 3.63) is 59.4 Å². The summed E-state index contributed by atoms with van der Waals surface area (Å²) < 4.78 is 45.8. The molecule has 0 bridgehead atoms. The predicted octanol–water partition coefficient (Wildman–Crippen LogP) is 3.36. The Morgan fingerprint density at radius 3 is 2.50 bits per heavy atom. The monoisotopic (exact) mass is 434 g/mol. The maximum absolute atomic E-state index is 13.0. The van der Waals surface area contributed by atoms with Crippen LogP contribution in [0.5, 0.6) is 5.75 Å². The summed E-state index contributed by atoms with van der Waals surface area (Å²) in [7, 11) is -3.62. The molecule has 0 atom stereocenters. The first kappa shape index (κ1) is 22.2. The Kier molecular flexibility index (Phi) is 7.10. The molecule has 0 saturated carbocycles. The molecule has 1 aliphatic heterocycles. The lowest BCUT2D eigenvalue weighted by molar-refractivity contribution is 0.0946. The predicted molar refractivity (Wildman–Crippen MR) is 113 cm³/mol. The number of carbonyl (C=O) groups is 1. The number of piperidine rings is 1.